The van der Waals surface area contributed by atoms with Gasteiger partial charge in [0.1, 0.15) is 23.2 Å². The van der Waals surface area contributed by atoms with Crippen LogP contribution in [0, 0.1) is 35.8 Å². The van der Waals surface area contributed by atoms with Crippen molar-refractivity contribution in [3.05, 3.63) is 59.2 Å². The van der Waals surface area contributed by atoms with Crippen LogP contribution in [0.5, 0.6) is 0 Å². The van der Waals surface area contributed by atoms with Gasteiger partial charge in [-0.3, -0.25) is 0 Å². The van der Waals surface area contributed by atoms with Crippen molar-refractivity contribution < 1.29 is 0 Å². The van der Waals surface area contributed by atoms with Crippen molar-refractivity contribution in [1.82, 2.24) is 8.75 Å². The van der Waals surface area contributed by atoms with Crippen LogP contribution >= 0.6 is 57.1 Å². The molecular formula is C24H6N8S5. The first kappa shape index (κ1) is 23.1. The second kappa shape index (κ2) is 9.27. The van der Waals surface area contributed by atoms with Gasteiger partial charge in [-0.25, -0.2) is 10.5 Å². The molecule has 0 saturated heterocycles. The molecule has 0 bridgehead atoms. The normalized spacial score (nSPS) is 12.0. The van der Waals surface area contributed by atoms with E-state index in [0.717, 1.165) is 50.7 Å². The van der Waals surface area contributed by atoms with Crippen LogP contribution < -0.4 is 0 Å². The summed E-state index contributed by atoms with van der Waals surface area (Å²) in [5, 5.41) is 21.3. The fourth-order valence-corrected chi connectivity index (χ4v) is 8.62. The minimum Gasteiger partial charge on any atom is -0.351 e. The van der Waals surface area contributed by atoms with Crippen LogP contribution in [0.2, 0.25) is 0 Å². The van der Waals surface area contributed by atoms with Crippen LogP contribution in [0.1, 0.15) is 0 Å². The van der Waals surface area contributed by atoms with Crippen LogP contribution in [0.25, 0.3) is 60.4 Å². The Bertz CT molecular complexity index is 1920. The molecule has 172 valence electrons. The smallest absolute Gasteiger partial charge is 0.350 e. The maximum atomic E-state index is 9.01. The fourth-order valence-electron chi connectivity index (χ4n) is 3.66. The van der Waals surface area contributed by atoms with Gasteiger partial charge in [-0.05, 0) is 36.4 Å². The molecule has 0 radical (unpaired) electrons. The van der Waals surface area contributed by atoms with Crippen molar-refractivity contribution in [2.24, 2.45) is 9.98 Å². The van der Waals surface area contributed by atoms with Crippen LogP contribution in [0.4, 0.5) is 10.0 Å². The fraction of sp³-hybridized carbons (Fsp3) is 0. The summed E-state index contributed by atoms with van der Waals surface area (Å²) in [5.41, 5.74) is 1.72. The van der Waals surface area contributed by atoms with E-state index in [4.69, 9.17) is 23.7 Å². The summed E-state index contributed by atoms with van der Waals surface area (Å²) >= 11 is 7.38. The molecule has 0 N–H and O–H groups in total. The van der Waals surface area contributed by atoms with Crippen molar-refractivity contribution in [2.45, 2.75) is 0 Å². The molecule has 0 spiro atoms. The van der Waals surface area contributed by atoms with Crippen LogP contribution in [-0.2, 0) is 0 Å². The molecule has 5 heterocycles. The molecule has 6 rings (SSSR count). The molecule has 5 aromatic heterocycles. The number of hydrogen-bond acceptors (Lipinski definition) is 11. The lowest BCUT2D eigenvalue weighted by Crippen LogP contribution is -1.80. The lowest BCUT2D eigenvalue weighted by Gasteiger charge is -1.93. The van der Waals surface area contributed by atoms with Gasteiger partial charge >= 0.3 is 11.7 Å². The Hall–Kier alpha value is -4.34. The quantitative estimate of drug-likeness (QED) is 0.121. The highest BCUT2D eigenvalue weighted by Gasteiger charge is 2.20. The zero-order valence-electron chi connectivity index (χ0n) is 18.1. The molecule has 0 saturated carbocycles. The number of thiophene rings is 4. The predicted octanol–water partition coefficient (Wildman–Crippen LogP) is 8.52. The van der Waals surface area contributed by atoms with Gasteiger partial charge in [-0.2, -0.15) is 8.75 Å². The van der Waals surface area contributed by atoms with Gasteiger partial charge in [-0.1, -0.05) is 45.8 Å². The summed E-state index contributed by atoms with van der Waals surface area (Å²) in [5.74, 6) is -0.374. The van der Waals surface area contributed by atoms with Crippen molar-refractivity contribution in [3.8, 4) is 31.6 Å². The van der Waals surface area contributed by atoms with Gasteiger partial charge in [0, 0.05) is 30.3 Å². The van der Waals surface area contributed by atoms with Gasteiger partial charge in [0.2, 0.25) is 10.0 Å². The predicted molar refractivity (Wildman–Crippen MR) is 153 cm³/mol. The summed E-state index contributed by atoms with van der Waals surface area (Å²) in [4.78, 5) is 18.6. The minimum atomic E-state index is -0.187. The third-order valence-electron chi connectivity index (χ3n) is 5.18. The molecular weight excluding hydrogens is 561 g/mol. The number of aliphatic imine (C=N–C) groups is 2. The van der Waals surface area contributed by atoms with Gasteiger partial charge in [-0.15, -0.1) is 22.7 Å². The van der Waals surface area contributed by atoms with E-state index in [-0.39, 0.29) is 11.7 Å². The standard InChI is InChI=1S/C24H6N8S5/c1-27-17(9-25)29-19-5-3-13(33-19)15-7-11-21-22(32-37-31-21)12-8-16(36-24(12)23(11)35-15)14-4-6-20(34-14)30-18(10-26)28-2/h3-8H/b29-17-,30-18+. The summed E-state index contributed by atoms with van der Waals surface area (Å²) < 4.78 is 11.4. The Morgan fingerprint density at radius 3 is 1.57 bits per heavy atom. The maximum Gasteiger partial charge on any atom is 0.350 e. The van der Waals surface area contributed by atoms with E-state index in [2.05, 4.69) is 40.6 Å². The van der Waals surface area contributed by atoms with Crippen LogP contribution in [-0.4, -0.2) is 20.4 Å². The van der Waals surface area contributed by atoms with Gasteiger partial charge < -0.3 is 9.69 Å². The lowest BCUT2D eigenvalue weighted by atomic mass is 10.1. The molecule has 0 aliphatic rings. The van der Waals surface area contributed by atoms with Gasteiger partial charge in [0.05, 0.1) is 21.1 Å². The summed E-state index contributed by atoms with van der Waals surface area (Å²) in [6.07, 6.45) is 0. The number of fused-ring (bicyclic) bond motifs is 6. The average molecular weight is 567 g/mol. The highest BCUT2D eigenvalue weighted by atomic mass is 32.1. The van der Waals surface area contributed by atoms with Gasteiger partial charge in [0.25, 0.3) is 0 Å². The Balaban J connectivity index is 1.49. The number of nitriles is 2. The molecule has 0 aliphatic heterocycles. The molecule has 0 amide bonds. The van der Waals surface area contributed by atoms with E-state index in [1.807, 2.05) is 24.3 Å². The highest BCUT2D eigenvalue weighted by Crippen LogP contribution is 2.49. The molecule has 0 fully saturated rings. The third kappa shape index (κ3) is 3.98. The Labute approximate surface area is 228 Å². The zero-order valence-corrected chi connectivity index (χ0v) is 22.2. The Kier molecular flexibility index (Phi) is 5.78. The number of amidine groups is 2. The van der Waals surface area contributed by atoms with Crippen molar-refractivity contribution in [3.63, 3.8) is 0 Å². The first-order valence-corrected chi connectivity index (χ1v) is 14.2. The maximum absolute atomic E-state index is 9.01. The van der Waals surface area contributed by atoms with E-state index in [1.54, 1.807) is 34.8 Å². The SMILES string of the molecule is [C-]#[N+]/C(C#N)=N\c1ccc(-c2cc3c4nsnc4c4cc(-c5ccc(/N=C(\C#N)[N+]#[C-])s5)sc4c3s2)s1. The first-order chi connectivity index (χ1) is 18.1. The van der Waals surface area contributed by atoms with Crippen molar-refractivity contribution >= 4 is 110 Å². The first-order valence-electron chi connectivity index (χ1n) is 10.2. The largest absolute Gasteiger partial charge is 0.351 e. The lowest BCUT2D eigenvalue weighted by molar-refractivity contribution is 1.53. The van der Waals surface area contributed by atoms with E-state index in [1.165, 1.54) is 34.4 Å². The molecule has 1 aromatic carbocycles. The second-order valence-corrected chi connectivity index (χ2v) is 12.0. The summed E-state index contributed by atoms with van der Waals surface area (Å²) in [6.45, 7) is 14.1. The van der Waals surface area contributed by atoms with E-state index >= 15 is 0 Å². The third-order valence-corrected chi connectivity index (χ3v) is 10.5. The highest BCUT2D eigenvalue weighted by molar-refractivity contribution is 7.33. The molecule has 0 atom stereocenters. The molecule has 6 aromatic rings. The van der Waals surface area contributed by atoms with Gasteiger partial charge in [0.15, 0.2) is 0 Å². The van der Waals surface area contributed by atoms with E-state index in [0.29, 0.717) is 10.0 Å². The summed E-state index contributed by atoms with van der Waals surface area (Å²) in [6, 6.07) is 15.4. The number of rotatable bonds is 4. The number of hydrogen-bond donors (Lipinski definition) is 0. The monoisotopic (exact) mass is 566 g/mol. The zero-order chi connectivity index (χ0) is 25.5. The number of aromatic nitrogens is 2. The molecule has 8 nitrogen and oxygen atoms in total. The second-order valence-electron chi connectivity index (χ2n) is 7.26. The molecule has 0 unspecified atom stereocenters. The van der Waals surface area contributed by atoms with Crippen molar-refractivity contribution in [1.29, 1.82) is 10.5 Å². The molecule has 37 heavy (non-hydrogen) atoms. The summed E-state index contributed by atoms with van der Waals surface area (Å²) in [7, 11) is 0. The number of nitrogens with zero attached hydrogens (tertiary/aromatic N) is 8. The Morgan fingerprint density at radius 1 is 0.703 bits per heavy atom. The van der Waals surface area contributed by atoms with Crippen molar-refractivity contribution in [2.75, 3.05) is 0 Å². The van der Waals surface area contributed by atoms with E-state index in [9.17, 15) is 0 Å². The van der Waals surface area contributed by atoms with Crippen LogP contribution in [0.15, 0.2) is 46.4 Å². The minimum absolute atomic E-state index is 0.187. The number of benzene rings is 1. The van der Waals surface area contributed by atoms with Crippen LogP contribution in [0.3, 0.4) is 0 Å². The van der Waals surface area contributed by atoms with E-state index < -0.39 is 0 Å². The average Bonchev–Trinajstić information content (AvgIpc) is 3.72. The molecule has 0 aliphatic carbocycles. The molecule has 13 heteroatoms. The topological polar surface area (TPSA) is 107 Å². The Morgan fingerprint density at radius 2 is 1.16 bits per heavy atom.